The van der Waals surface area contributed by atoms with Crippen LogP contribution in [0.4, 0.5) is 4.79 Å². The fraction of sp³-hybridized carbons (Fsp3) is 0.900. The van der Waals surface area contributed by atoms with Gasteiger partial charge in [0.25, 0.3) is 0 Å². The van der Waals surface area contributed by atoms with Crippen LogP contribution in [-0.2, 0) is 4.74 Å². The number of nitrogens with one attached hydrogen (secondary N) is 2. The quantitative estimate of drug-likeness (QED) is 0.620. The van der Waals surface area contributed by atoms with Gasteiger partial charge < -0.3 is 21.1 Å². The number of urea groups is 1. The second-order valence-corrected chi connectivity index (χ2v) is 3.85. The first-order chi connectivity index (χ1) is 7.24. The van der Waals surface area contributed by atoms with E-state index in [0.29, 0.717) is 19.0 Å². The Labute approximate surface area is 90.7 Å². The van der Waals surface area contributed by atoms with Crippen molar-refractivity contribution in [2.75, 3.05) is 26.3 Å². The van der Waals surface area contributed by atoms with Crippen molar-refractivity contribution in [1.29, 1.82) is 0 Å². The van der Waals surface area contributed by atoms with E-state index >= 15 is 0 Å². The Morgan fingerprint density at radius 1 is 1.47 bits per heavy atom. The van der Waals surface area contributed by atoms with Crippen LogP contribution in [0.1, 0.15) is 19.8 Å². The molecule has 1 heterocycles. The first-order valence-electron chi connectivity index (χ1n) is 5.59. The van der Waals surface area contributed by atoms with Crippen molar-refractivity contribution < 1.29 is 9.53 Å². The molecular formula is C10H21N3O2. The zero-order valence-corrected chi connectivity index (χ0v) is 9.29. The highest BCUT2D eigenvalue weighted by atomic mass is 16.5. The van der Waals surface area contributed by atoms with Crippen LogP contribution in [0, 0.1) is 5.92 Å². The first-order valence-corrected chi connectivity index (χ1v) is 5.59. The van der Waals surface area contributed by atoms with Crippen LogP contribution in [0.3, 0.4) is 0 Å². The highest BCUT2D eigenvalue weighted by Crippen LogP contribution is 2.16. The van der Waals surface area contributed by atoms with Gasteiger partial charge in [-0.25, -0.2) is 4.79 Å². The van der Waals surface area contributed by atoms with Gasteiger partial charge in [0.05, 0.1) is 0 Å². The van der Waals surface area contributed by atoms with E-state index in [1.165, 1.54) is 0 Å². The Balaban J connectivity index is 2.16. The van der Waals surface area contributed by atoms with Gasteiger partial charge in [-0.15, -0.1) is 0 Å². The third-order valence-electron chi connectivity index (χ3n) is 2.71. The minimum absolute atomic E-state index is 0.0384. The van der Waals surface area contributed by atoms with Crippen LogP contribution >= 0.6 is 0 Å². The summed E-state index contributed by atoms with van der Waals surface area (Å²) in [5.41, 5.74) is 5.99. The van der Waals surface area contributed by atoms with E-state index < -0.39 is 0 Å². The third kappa shape index (κ3) is 4.48. The number of rotatable bonds is 4. The molecule has 1 saturated heterocycles. The molecule has 0 saturated carbocycles. The number of amides is 2. The van der Waals surface area contributed by atoms with Crippen LogP contribution in [-0.4, -0.2) is 38.4 Å². The normalized spacial score (nSPS) is 19.6. The molecule has 1 rings (SSSR count). The van der Waals surface area contributed by atoms with Gasteiger partial charge in [-0.3, -0.25) is 0 Å². The zero-order chi connectivity index (χ0) is 11.1. The summed E-state index contributed by atoms with van der Waals surface area (Å²) in [5, 5.41) is 5.44. The fourth-order valence-electron chi connectivity index (χ4n) is 1.74. The van der Waals surface area contributed by atoms with Crippen molar-refractivity contribution in [2.24, 2.45) is 11.7 Å². The Morgan fingerprint density at radius 3 is 2.73 bits per heavy atom. The number of carbonyl (C=O) groups excluding carboxylic acids is 1. The number of hydrogen-bond acceptors (Lipinski definition) is 3. The van der Waals surface area contributed by atoms with Crippen molar-refractivity contribution in [2.45, 2.75) is 25.8 Å². The van der Waals surface area contributed by atoms with Crippen LogP contribution < -0.4 is 16.4 Å². The van der Waals surface area contributed by atoms with Crippen molar-refractivity contribution in [1.82, 2.24) is 10.6 Å². The molecule has 2 amide bonds. The second kappa shape index (κ2) is 6.63. The molecule has 0 radical (unpaired) electrons. The molecule has 4 N–H and O–H groups in total. The molecular weight excluding hydrogens is 194 g/mol. The van der Waals surface area contributed by atoms with Crippen LogP contribution in [0.15, 0.2) is 0 Å². The van der Waals surface area contributed by atoms with E-state index in [-0.39, 0.29) is 12.1 Å². The predicted molar refractivity (Wildman–Crippen MR) is 58.6 cm³/mol. The molecule has 88 valence electrons. The molecule has 0 aromatic heterocycles. The lowest BCUT2D eigenvalue weighted by molar-refractivity contribution is 0.0587. The van der Waals surface area contributed by atoms with Gasteiger partial charge in [0.1, 0.15) is 0 Å². The first kappa shape index (κ1) is 12.3. The summed E-state index contributed by atoms with van der Waals surface area (Å²) in [7, 11) is 0. The van der Waals surface area contributed by atoms with Gasteiger partial charge in [-0.2, -0.15) is 0 Å². The minimum atomic E-state index is -0.139. The fourth-order valence-corrected chi connectivity index (χ4v) is 1.74. The van der Waals surface area contributed by atoms with E-state index in [0.717, 1.165) is 26.1 Å². The molecule has 1 atom stereocenters. The summed E-state index contributed by atoms with van der Waals surface area (Å²) >= 11 is 0. The monoisotopic (exact) mass is 215 g/mol. The second-order valence-electron chi connectivity index (χ2n) is 3.85. The molecule has 15 heavy (non-hydrogen) atoms. The molecule has 0 aromatic carbocycles. The lowest BCUT2D eigenvalue weighted by Crippen LogP contribution is -2.46. The average molecular weight is 215 g/mol. The predicted octanol–water partition coefficient (Wildman–Crippen LogP) is 0.0594. The Hall–Kier alpha value is -0.810. The summed E-state index contributed by atoms with van der Waals surface area (Å²) in [6.07, 6.45) is 2.00. The largest absolute Gasteiger partial charge is 0.381 e. The lowest BCUT2D eigenvalue weighted by Gasteiger charge is -2.27. The Bertz CT molecular complexity index is 193. The maximum atomic E-state index is 11.1. The standard InChI is InChI=1S/C10H21N3O2/c1-2-12-10(14)13-7-9(11)8-3-5-15-6-4-8/h8-9H,2-7,11H2,1H3,(H2,12,13,14). The zero-order valence-electron chi connectivity index (χ0n) is 9.29. The number of hydrogen-bond donors (Lipinski definition) is 3. The third-order valence-corrected chi connectivity index (χ3v) is 2.71. The highest BCUT2D eigenvalue weighted by Gasteiger charge is 2.20. The van der Waals surface area contributed by atoms with Gasteiger partial charge in [-0.1, -0.05) is 0 Å². The van der Waals surface area contributed by atoms with Crippen LogP contribution in [0.25, 0.3) is 0 Å². The smallest absolute Gasteiger partial charge is 0.314 e. The summed E-state index contributed by atoms with van der Waals surface area (Å²) in [5.74, 6) is 0.473. The van der Waals surface area contributed by atoms with Crippen molar-refractivity contribution in [3.8, 4) is 0 Å². The maximum absolute atomic E-state index is 11.1. The van der Waals surface area contributed by atoms with E-state index in [9.17, 15) is 4.79 Å². The van der Waals surface area contributed by atoms with Gasteiger partial charge in [-0.05, 0) is 25.7 Å². The van der Waals surface area contributed by atoms with Crippen molar-refractivity contribution in [3.63, 3.8) is 0 Å². The van der Waals surface area contributed by atoms with E-state index in [1.807, 2.05) is 6.92 Å². The molecule has 1 fully saturated rings. The molecule has 0 aliphatic carbocycles. The summed E-state index contributed by atoms with van der Waals surface area (Å²) in [6.45, 7) is 4.64. The SMILES string of the molecule is CCNC(=O)NCC(N)C1CCOCC1. The molecule has 1 unspecified atom stereocenters. The number of ether oxygens (including phenoxy) is 1. The molecule has 0 aromatic rings. The van der Waals surface area contributed by atoms with E-state index in [4.69, 9.17) is 10.5 Å². The number of nitrogens with two attached hydrogens (primary N) is 1. The molecule has 0 spiro atoms. The molecule has 5 heteroatoms. The molecule has 1 aliphatic heterocycles. The number of carbonyl (C=O) groups is 1. The average Bonchev–Trinajstić information content (AvgIpc) is 2.27. The van der Waals surface area contributed by atoms with Gasteiger partial charge in [0.2, 0.25) is 0 Å². The molecule has 1 aliphatic rings. The van der Waals surface area contributed by atoms with Crippen molar-refractivity contribution in [3.05, 3.63) is 0 Å². The topological polar surface area (TPSA) is 76.4 Å². The summed E-state index contributed by atoms with van der Waals surface area (Å²) in [4.78, 5) is 11.1. The minimum Gasteiger partial charge on any atom is -0.381 e. The highest BCUT2D eigenvalue weighted by molar-refractivity contribution is 5.73. The van der Waals surface area contributed by atoms with Crippen LogP contribution in [0.2, 0.25) is 0 Å². The van der Waals surface area contributed by atoms with Crippen LogP contribution in [0.5, 0.6) is 0 Å². The summed E-state index contributed by atoms with van der Waals surface area (Å²) < 4.78 is 5.26. The van der Waals surface area contributed by atoms with Gasteiger partial charge in [0.15, 0.2) is 0 Å². The summed E-state index contributed by atoms with van der Waals surface area (Å²) in [6, 6.07) is -0.100. The maximum Gasteiger partial charge on any atom is 0.314 e. The molecule has 5 nitrogen and oxygen atoms in total. The Morgan fingerprint density at radius 2 is 2.13 bits per heavy atom. The van der Waals surface area contributed by atoms with E-state index in [1.54, 1.807) is 0 Å². The van der Waals surface area contributed by atoms with Gasteiger partial charge in [0, 0.05) is 32.3 Å². The van der Waals surface area contributed by atoms with Gasteiger partial charge >= 0.3 is 6.03 Å². The Kier molecular flexibility index (Phi) is 5.42. The lowest BCUT2D eigenvalue weighted by atomic mass is 9.92. The van der Waals surface area contributed by atoms with Crippen molar-refractivity contribution >= 4 is 6.03 Å². The van der Waals surface area contributed by atoms with E-state index in [2.05, 4.69) is 10.6 Å². The molecule has 0 bridgehead atoms.